The molecular weight excluding hydrogens is 382 g/mol. The molecule has 25 heavy (non-hydrogen) atoms. The summed E-state index contributed by atoms with van der Waals surface area (Å²) in [5.74, 6) is -0.590. The summed E-state index contributed by atoms with van der Waals surface area (Å²) >= 11 is 0. The van der Waals surface area contributed by atoms with E-state index in [-0.39, 0.29) is 27.0 Å². The zero-order valence-electron chi connectivity index (χ0n) is 12.1. The average Bonchev–Trinajstić information content (AvgIpc) is 2.79. The maximum Gasteiger partial charge on any atom is 0.586 e. The summed E-state index contributed by atoms with van der Waals surface area (Å²) < 4.78 is 83.8. The summed E-state index contributed by atoms with van der Waals surface area (Å²) in [5, 5.41) is 4.96. The minimum atomic E-state index is -4.20. The highest BCUT2D eigenvalue weighted by molar-refractivity contribution is 7.93. The highest BCUT2D eigenvalue weighted by Crippen LogP contribution is 2.42. The van der Waals surface area contributed by atoms with Crippen LogP contribution in [-0.2, 0) is 20.0 Å². The third-order valence-electron chi connectivity index (χ3n) is 3.10. The minimum absolute atomic E-state index is 0.0824. The molecule has 1 aliphatic rings. The van der Waals surface area contributed by atoms with E-state index in [0.717, 1.165) is 30.3 Å². The van der Waals surface area contributed by atoms with Gasteiger partial charge < -0.3 is 9.47 Å². The van der Waals surface area contributed by atoms with Gasteiger partial charge in [-0.3, -0.25) is 4.72 Å². The van der Waals surface area contributed by atoms with E-state index in [1.807, 2.05) is 0 Å². The number of fused-ring (bicyclic) bond motifs is 1. The maximum absolute atomic E-state index is 13.0. The van der Waals surface area contributed by atoms with Crippen molar-refractivity contribution >= 4 is 25.7 Å². The van der Waals surface area contributed by atoms with E-state index in [2.05, 4.69) is 14.2 Å². The molecule has 0 saturated carbocycles. The van der Waals surface area contributed by atoms with E-state index in [0.29, 0.717) is 0 Å². The molecule has 0 saturated heterocycles. The molecule has 0 fully saturated rings. The number of primary sulfonamides is 1. The van der Waals surface area contributed by atoms with Gasteiger partial charge in [-0.2, -0.15) is 0 Å². The molecule has 2 aromatic carbocycles. The average molecular weight is 392 g/mol. The zero-order chi connectivity index (χ0) is 18.5. The summed E-state index contributed by atoms with van der Waals surface area (Å²) in [5.41, 5.74) is -0.0824. The van der Waals surface area contributed by atoms with Crippen molar-refractivity contribution in [1.82, 2.24) is 0 Å². The fourth-order valence-electron chi connectivity index (χ4n) is 2.04. The number of hydrogen-bond donors (Lipinski definition) is 2. The van der Waals surface area contributed by atoms with Gasteiger partial charge in [0.05, 0.1) is 15.5 Å². The summed E-state index contributed by atoms with van der Waals surface area (Å²) in [7, 11) is -8.29. The van der Waals surface area contributed by atoms with Crippen LogP contribution in [0.4, 0.5) is 14.5 Å². The van der Waals surface area contributed by atoms with Gasteiger partial charge in [-0.15, -0.1) is 8.78 Å². The lowest BCUT2D eigenvalue weighted by Gasteiger charge is -2.09. The van der Waals surface area contributed by atoms with Gasteiger partial charge in [0.25, 0.3) is 10.0 Å². The molecule has 1 heterocycles. The monoisotopic (exact) mass is 392 g/mol. The number of nitrogens with two attached hydrogens (primary N) is 1. The molecule has 8 nitrogen and oxygen atoms in total. The highest BCUT2D eigenvalue weighted by atomic mass is 32.2. The Morgan fingerprint density at radius 2 is 1.56 bits per heavy atom. The Labute approximate surface area is 141 Å². The summed E-state index contributed by atoms with van der Waals surface area (Å²) in [6, 6.07) is 7.67. The van der Waals surface area contributed by atoms with Crippen molar-refractivity contribution in [3.05, 3.63) is 42.5 Å². The predicted octanol–water partition coefficient (Wildman–Crippen LogP) is 1.46. The number of sulfonamides is 2. The molecule has 3 N–H and O–H groups in total. The maximum atomic E-state index is 13.0. The van der Waals surface area contributed by atoms with Crippen molar-refractivity contribution in [3.63, 3.8) is 0 Å². The molecular formula is C13H10F2N2O6S2. The van der Waals surface area contributed by atoms with Crippen molar-refractivity contribution in [1.29, 1.82) is 0 Å². The van der Waals surface area contributed by atoms with Crippen LogP contribution in [0.5, 0.6) is 11.5 Å². The van der Waals surface area contributed by atoms with Gasteiger partial charge in [-0.05, 0) is 30.3 Å². The van der Waals surface area contributed by atoms with Crippen LogP contribution in [0.25, 0.3) is 0 Å². The van der Waals surface area contributed by atoms with Crippen LogP contribution in [-0.4, -0.2) is 23.1 Å². The number of hydrogen-bond acceptors (Lipinski definition) is 6. The Morgan fingerprint density at radius 3 is 2.24 bits per heavy atom. The second-order valence-corrected chi connectivity index (χ2v) is 8.20. The number of benzene rings is 2. The van der Waals surface area contributed by atoms with Crippen molar-refractivity contribution in [2.75, 3.05) is 4.72 Å². The van der Waals surface area contributed by atoms with Crippen LogP contribution >= 0.6 is 0 Å². The number of anilines is 1. The molecule has 1 aliphatic heterocycles. The van der Waals surface area contributed by atoms with Crippen LogP contribution in [0.1, 0.15) is 0 Å². The van der Waals surface area contributed by atoms with Crippen LogP contribution in [0.2, 0.25) is 0 Å². The third-order valence-corrected chi connectivity index (χ3v) is 5.39. The topological polar surface area (TPSA) is 125 Å². The largest absolute Gasteiger partial charge is 0.586 e. The summed E-state index contributed by atoms with van der Waals surface area (Å²) in [4.78, 5) is -0.761. The van der Waals surface area contributed by atoms with Gasteiger partial charge in [0.15, 0.2) is 11.5 Å². The molecule has 0 bridgehead atoms. The van der Waals surface area contributed by atoms with E-state index in [9.17, 15) is 25.6 Å². The molecule has 0 unspecified atom stereocenters. The molecule has 0 aromatic heterocycles. The summed E-state index contributed by atoms with van der Waals surface area (Å²) in [6.45, 7) is 0. The quantitative estimate of drug-likeness (QED) is 0.812. The first-order chi connectivity index (χ1) is 11.5. The number of nitrogens with one attached hydrogen (secondary N) is 1. The van der Waals surface area contributed by atoms with E-state index in [4.69, 9.17) is 5.14 Å². The molecule has 3 rings (SSSR count). The van der Waals surface area contributed by atoms with Crippen molar-refractivity contribution in [2.24, 2.45) is 5.14 Å². The Bertz CT molecular complexity index is 1050. The first kappa shape index (κ1) is 17.4. The minimum Gasteiger partial charge on any atom is -0.395 e. The van der Waals surface area contributed by atoms with Gasteiger partial charge in [-0.25, -0.2) is 22.0 Å². The van der Waals surface area contributed by atoms with Gasteiger partial charge in [0.1, 0.15) is 0 Å². The molecule has 2 aromatic rings. The fraction of sp³-hybridized carbons (Fsp3) is 0.0769. The van der Waals surface area contributed by atoms with E-state index in [1.54, 1.807) is 0 Å². The lowest BCUT2D eigenvalue weighted by molar-refractivity contribution is -0.286. The second-order valence-electron chi connectivity index (χ2n) is 4.95. The Hall–Kier alpha value is -2.44. The normalized spacial score (nSPS) is 15.8. The Kier molecular flexibility index (Phi) is 3.85. The molecule has 0 amide bonds. The number of alkyl halides is 2. The molecule has 134 valence electrons. The van der Waals surface area contributed by atoms with Crippen LogP contribution in [0, 0.1) is 0 Å². The van der Waals surface area contributed by atoms with Crippen LogP contribution in [0.15, 0.2) is 52.3 Å². The van der Waals surface area contributed by atoms with Crippen molar-refractivity contribution in [2.45, 2.75) is 16.1 Å². The third kappa shape index (κ3) is 3.65. The smallest absolute Gasteiger partial charge is 0.395 e. The van der Waals surface area contributed by atoms with Crippen LogP contribution in [0.3, 0.4) is 0 Å². The van der Waals surface area contributed by atoms with Gasteiger partial charge in [0, 0.05) is 6.07 Å². The van der Waals surface area contributed by atoms with Gasteiger partial charge >= 0.3 is 6.29 Å². The first-order valence-electron chi connectivity index (χ1n) is 6.52. The molecule has 12 heteroatoms. The van der Waals surface area contributed by atoms with Crippen molar-refractivity contribution in [3.8, 4) is 11.5 Å². The molecule has 0 atom stereocenters. The lowest BCUT2D eigenvalue weighted by atomic mass is 10.3. The van der Waals surface area contributed by atoms with E-state index in [1.165, 1.54) is 12.1 Å². The molecule has 0 radical (unpaired) electrons. The van der Waals surface area contributed by atoms with Crippen molar-refractivity contribution < 1.29 is 35.1 Å². The number of rotatable bonds is 4. The highest BCUT2D eigenvalue weighted by Gasteiger charge is 2.43. The SMILES string of the molecule is NS(=O)(=O)c1cccc(S(=O)(=O)Nc2ccc3c(c2)OC(F)(F)O3)c1. The lowest BCUT2D eigenvalue weighted by Crippen LogP contribution is -2.25. The standard InChI is InChI=1S/C13H10F2N2O6S2/c14-13(15)22-11-5-4-8(6-12(11)23-13)17-25(20,21)10-3-1-2-9(7-10)24(16,18)19/h1-7,17H,(H2,16,18,19). The summed E-state index contributed by atoms with van der Waals surface area (Å²) in [6.07, 6.45) is -3.83. The van der Waals surface area contributed by atoms with Gasteiger partial charge in [0.2, 0.25) is 10.0 Å². The molecule has 0 spiro atoms. The fourth-order valence-corrected chi connectivity index (χ4v) is 3.77. The van der Waals surface area contributed by atoms with Gasteiger partial charge in [-0.1, -0.05) is 6.07 Å². The second kappa shape index (κ2) is 5.54. The number of ether oxygens (including phenoxy) is 2. The van der Waals surface area contributed by atoms with E-state index >= 15 is 0 Å². The Morgan fingerprint density at radius 1 is 0.920 bits per heavy atom. The zero-order valence-corrected chi connectivity index (χ0v) is 13.8. The molecule has 0 aliphatic carbocycles. The van der Waals surface area contributed by atoms with Crippen LogP contribution < -0.4 is 19.3 Å². The predicted molar refractivity (Wildman–Crippen MR) is 81.3 cm³/mol. The van der Waals surface area contributed by atoms with E-state index < -0.39 is 26.3 Å². The Balaban J connectivity index is 1.91. The first-order valence-corrected chi connectivity index (χ1v) is 9.55. The number of halogens is 2.